The van der Waals surface area contributed by atoms with Crippen molar-refractivity contribution in [3.63, 3.8) is 0 Å². The fourth-order valence-electron chi connectivity index (χ4n) is 4.02. The molecule has 0 radical (unpaired) electrons. The SMILES string of the molecule is COc1ccc(CCNC(=O)CN2CCN(C(=O)c3csc(Nc4ccccc4Cl)n3)CC2)cc1OC. The first kappa shape index (κ1) is 26.7. The lowest BCUT2D eigenvalue weighted by Gasteiger charge is -2.33. The molecule has 11 heteroatoms. The highest BCUT2D eigenvalue weighted by molar-refractivity contribution is 7.14. The summed E-state index contributed by atoms with van der Waals surface area (Å²) in [6.45, 7) is 3.18. The molecule has 4 rings (SSSR count). The Hall–Kier alpha value is -3.34. The summed E-state index contributed by atoms with van der Waals surface area (Å²) in [6.07, 6.45) is 0.690. The van der Waals surface area contributed by atoms with Crippen molar-refractivity contribution in [2.45, 2.75) is 6.42 Å². The second-order valence-electron chi connectivity index (χ2n) is 8.50. The molecular weight excluding hydrogens is 514 g/mol. The molecule has 3 aromatic rings. The van der Waals surface area contributed by atoms with Crippen molar-refractivity contribution in [2.24, 2.45) is 0 Å². The Morgan fingerprint density at radius 1 is 1.05 bits per heavy atom. The number of ether oxygens (including phenoxy) is 2. The van der Waals surface area contributed by atoms with E-state index >= 15 is 0 Å². The van der Waals surface area contributed by atoms with Crippen LogP contribution in [0, 0.1) is 0 Å². The van der Waals surface area contributed by atoms with Gasteiger partial charge >= 0.3 is 0 Å². The zero-order valence-corrected chi connectivity index (χ0v) is 22.4. The zero-order chi connectivity index (χ0) is 26.2. The number of benzene rings is 2. The summed E-state index contributed by atoms with van der Waals surface area (Å²) in [5.74, 6) is 1.21. The van der Waals surface area contributed by atoms with Gasteiger partial charge in [-0.15, -0.1) is 11.3 Å². The number of aromatic nitrogens is 1. The first-order chi connectivity index (χ1) is 18.0. The lowest BCUT2D eigenvalue weighted by molar-refractivity contribution is -0.122. The van der Waals surface area contributed by atoms with Gasteiger partial charge in [-0.05, 0) is 36.2 Å². The number of piperazine rings is 1. The van der Waals surface area contributed by atoms with Crippen LogP contribution >= 0.6 is 22.9 Å². The van der Waals surface area contributed by atoms with Crippen LogP contribution in [0.3, 0.4) is 0 Å². The fourth-order valence-corrected chi connectivity index (χ4v) is 4.90. The molecule has 2 heterocycles. The number of methoxy groups -OCH3 is 2. The van der Waals surface area contributed by atoms with Crippen LogP contribution in [0.4, 0.5) is 10.8 Å². The summed E-state index contributed by atoms with van der Waals surface area (Å²) in [4.78, 5) is 33.6. The third-order valence-corrected chi connectivity index (χ3v) is 7.14. The van der Waals surface area contributed by atoms with E-state index in [1.807, 2.05) is 36.4 Å². The number of rotatable bonds is 10. The van der Waals surface area contributed by atoms with Crippen molar-refractivity contribution in [1.29, 1.82) is 0 Å². The van der Waals surface area contributed by atoms with Crippen molar-refractivity contribution in [3.05, 3.63) is 64.1 Å². The molecule has 0 unspecified atom stereocenters. The smallest absolute Gasteiger partial charge is 0.273 e. The number of hydrogen-bond acceptors (Lipinski definition) is 8. The Morgan fingerprint density at radius 2 is 1.81 bits per heavy atom. The van der Waals surface area contributed by atoms with E-state index in [4.69, 9.17) is 21.1 Å². The summed E-state index contributed by atoms with van der Waals surface area (Å²) in [5.41, 5.74) is 2.20. The average Bonchev–Trinajstić information content (AvgIpc) is 3.38. The van der Waals surface area contributed by atoms with Crippen molar-refractivity contribution < 1.29 is 19.1 Å². The summed E-state index contributed by atoms with van der Waals surface area (Å²) in [7, 11) is 3.20. The van der Waals surface area contributed by atoms with Gasteiger partial charge in [-0.2, -0.15) is 0 Å². The van der Waals surface area contributed by atoms with Crippen LogP contribution in [0.1, 0.15) is 16.1 Å². The van der Waals surface area contributed by atoms with Crippen molar-refractivity contribution in [2.75, 3.05) is 58.8 Å². The van der Waals surface area contributed by atoms with Crippen molar-refractivity contribution in [1.82, 2.24) is 20.1 Å². The van der Waals surface area contributed by atoms with Crippen LogP contribution in [-0.2, 0) is 11.2 Å². The Balaban J connectivity index is 1.19. The summed E-state index contributed by atoms with van der Waals surface area (Å²) >= 11 is 7.55. The molecule has 1 aliphatic heterocycles. The predicted molar refractivity (Wildman–Crippen MR) is 145 cm³/mol. The zero-order valence-electron chi connectivity index (χ0n) is 20.8. The number of hydrogen-bond donors (Lipinski definition) is 2. The highest BCUT2D eigenvalue weighted by Gasteiger charge is 2.25. The number of anilines is 2. The molecule has 1 saturated heterocycles. The van der Waals surface area contributed by atoms with Crippen molar-refractivity contribution in [3.8, 4) is 11.5 Å². The van der Waals surface area contributed by atoms with E-state index in [2.05, 4.69) is 20.5 Å². The van der Waals surface area contributed by atoms with E-state index in [0.29, 0.717) is 73.0 Å². The van der Waals surface area contributed by atoms with E-state index in [1.165, 1.54) is 11.3 Å². The molecule has 196 valence electrons. The molecule has 2 N–H and O–H groups in total. The minimum absolute atomic E-state index is 0.0324. The molecule has 1 aromatic heterocycles. The van der Waals surface area contributed by atoms with Gasteiger partial charge in [0.2, 0.25) is 5.91 Å². The molecule has 0 spiro atoms. The highest BCUT2D eigenvalue weighted by atomic mass is 35.5. The number of carbonyl (C=O) groups excluding carboxylic acids is 2. The topological polar surface area (TPSA) is 96.0 Å². The van der Waals surface area contributed by atoms with Crippen LogP contribution < -0.4 is 20.1 Å². The molecule has 0 atom stereocenters. The number of thiazole rings is 1. The minimum Gasteiger partial charge on any atom is -0.493 e. The molecule has 9 nitrogen and oxygen atoms in total. The number of para-hydroxylation sites is 1. The third-order valence-electron chi connectivity index (χ3n) is 6.05. The van der Waals surface area contributed by atoms with Gasteiger partial charge in [0, 0.05) is 38.1 Å². The third kappa shape index (κ3) is 7.12. The van der Waals surface area contributed by atoms with E-state index in [-0.39, 0.29) is 11.8 Å². The largest absolute Gasteiger partial charge is 0.493 e. The standard InChI is InChI=1S/C26H30ClN5O4S/c1-35-22-8-7-18(15-23(22)36-2)9-10-28-24(33)16-31-11-13-32(14-12-31)25(34)21-17-37-26(30-21)29-20-6-4-3-5-19(20)27/h3-8,15,17H,9-14,16H2,1-2H3,(H,28,33)(H,29,30). The van der Waals surface area contributed by atoms with Crippen LogP contribution in [-0.4, -0.2) is 80.1 Å². The summed E-state index contributed by atoms with van der Waals surface area (Å²) in [5, 5.41) is 9.08. The lowest BCUT2D eigenvalue weighted by Crippen LogP contribution is -2.51. The fraction of sp³-hybridized carbons (Fsp3) is 0.346. The second kappa shape index (κ2) is 12.8. The Labute approximate surface area is 225 Å². The Morgan fingerprint density at radius 3 is 2.54 bits per heavy atom. The summed E-state index contributed by atoms with van der Waals surface area (Å²) < 4.78 is 10.6. The molecule has 0 saturated carbocycles. The quantitative estimate of drug-likeness (QED) is 0.403. The molecule has 37 heavy (non-hydrogen) atoms. The van der Waals surface area contributed by atoms with Gasteiger partial charge < -0.3 is 25.0 Å². The predicted octanol–water partition coefficient (Wildman–Crippen LogP) is 3.67. The number of nitrogens with one attached hydrogen (secondary N) is 2. The van der Waals surface area contributed by atoms with E-state index in [1.54, 1.807) is 30.6 Å². The van der Waals surface area contributed by atoms with Crippen LogP contribution in [0.25, 0.3) is 0 Å². The first-order valence-electron chi connectivity index (χ1n) is 11.9. The number of halogens is 1. The average molecular weight is 544 g/mol. The van der Waals surface area contributed by atoms with E-state index in [0.717, 1.165) is 11.3 Å². The molecule has 1 aliphatic rings. The van der Waals surface area contributed by atoms with E-state index < -0.39 is 0 Å². The van der Waals surface area contributed by atoms with E-state index in [9.17, 15) is 9.59 Å². The monoisotopic (exact) mass is 543 g/mol. The first-order valence-corrected chi connectivity index (χ1v) is 13.2. The Bertz CT molecular complexity index is 1230. The van der Waals surface area contributed by atoms with Gasteiger partial charge in [-0.25, -0.2) is 4.98 Å². The van der Waals surface area contributed by atoms with Gasteiger partial charge in [0.05, 0.1) is 31.5 Å². The minimum atomic E-state index is -0.109. The number of carbonyl (C=O) groups is 2. The maximum absolute atomic E-state index is 12.9. The maximum Gasteiger partial charge on any atom is 0.273 e. The molecule has 0 bridgehead atoms. The van der Waals surface area contributed by atoms with Gasteiger partial charge in [-0.3, -0.25) is 14.5 Å². The lowest BCUT2D eigenvalue weighted by atomic mass is 10.1. The van der Waals surface area contributed by atoms with Gasteiger partial charge in [0.1, 0.15) is 5.69 Å². The highest BCUT2D eigenvalue weighted by Crippen LogP contribution is 2.28. The molecule has 0 aliphatic carbocycles. The summed E-state index contributed by atoms with van der Waals surface area (Å²) in [6, 6.07) is 13.1. The molecule has 2 aromatic carbocycles. The van der Waals surface area contributed by atoms with Crippen LogP contribution in [0.15, 0.2) is 47.8 Å². The normalized spacial score (nSPS) is 13.8. The second-order valence-corrected chi connectivity index (χ2v) is 9.77. The van der Waals surface area contributed by atoms with Crippen LogP contribution in [0.5, 0.6) is 11.5 Å². The maximum atomic E-state index is 12.9. The number of nitrogens with zero attached hydrogens (tertiary/aromatic N) is 3. The van der Waals surface area contributed by atoms with Gasteiger partial charge in [0.15, 0.2) is 16.6 Å². The van der Waals surface area contributed by atoms with Gasteiger partial charge in [0.25, 0.3) is 5.91 Å². The number of amides is 2. The van der Waals surface area contributed by atoms with Crippen molar-refractivity contribution >= 4 is 45.6 Å². The molecular formula is C26H30ClN5O4S. The van der Waals surface area contributed by atoms with Gasteiger partial charge in [-0.1, -0.05) is 29.8 Å². The Kier molecular flexibility index (Phi) is 9.21. The molecule has 1 fully saturated rings. The van der Waals surface area contributed by atoms with Crippen LogP contribution in [0.2, 0.25) is 5.02 Å². The molecule has 2 amide bonds.